The first-order valence-electron chi connectivity index (χ1n) is 4.84. The van der Waals surface area contributed by atoms with E-state index >= 15 is 0 Å². The van der Waals surface area contributed by atoms with Gasteiger partial charge >= 0.3 is 5.97 Å². The average molecular weight is 215 g/mol. The first kappa shape index (κ1) is 11.4. The summed E-state index contributed by atoms with van der Waals surface area (Å²) in [5, 5.41) is 9.24. The molecule has 1 fully saturated rings. The second-order valence-electron chi connectivity index (χ2n) is 3.69. The Morgan fingerprint density at radius 3 is 2.79 bits per heavy atom. The van der Waals surface area contributed by atoms with E-state index in [1.54, 1.807) is 6.20 Å². The molecule has 1 heterocycles. The monoisotopic (exact) mass is 215 g/mol. The van der Waals surface area contributed by atoms with Gasteiger partial charge in [-0.15, -0.1) is 0 Å². The fourth-order valence-electron chi connectivity index (χ4n) is 1.49. The lowest BCUT2D eigenvalue weighted by molar-refractivity contribution is -0.131. The first-order chi connectivity index (χ1) is 6.59. The van der Waals surface area contributed by atoms with Gasteiger partial charge < -0.3 is 10.0 Å². The standard InChI is InChI=1S/C10H17NO2S/c1-8-3-4-9(7-14-8)11(2)6-5-10(12)13/h5-6,8-9H,3-4,7H2,1-2H3,(H,12,13)/b6-5+. The third-order valence-electron chi connectivity index (χ3n) is 2.51. The van der Waals surface area contributed by atoms with Crippen LogP contribution in [0.5, 0.6) is 0 Å². The second-order valence-corrected chi connectivity index (χ2v) is 5.17. The van der Waals surface area contributed by atoms with Gasteiger partial charge in [0.05, 0.1) is 0 Å². The van der Waals surface area contributed by atoms with Crippen LogP contribution in [0, 0.1) is 0 Å². The van der Waals surface area contributed by atoms with Crippen LogP contribution >= 0.6 is 11.8 Å². The maximum absolute atomic E-state index is 10.3. The number of carbonyl (C=O) groups is 1. The Labute approximate surface area is 89.2 Å². The zero-order chi connectivity index (χ0) is 10.6. The van der Waals surface area contributed by atoms with Crippen LogP contribution in [0.25, 0.3) is 0 Å². The van der Waals surface area contributed by atoms with Gasteiger partial charge in [0, 0.05) is 36.4 Å². The Morgan fingerprint density at radius 2 is 2.29 bits per heavy atom. The third kappa shape index (κ3) is 3.62. The number of hydrogen-bond acceptors (Lipinski definition) is 3. The van der Waals surface area contributed by atoms with Crippen molar-refractivity contribution in [3.8, 4) is 0 Å². The van der Waals surface area contributed by atoms with Crippen LogP contribution in [0.4, 0.5) is 0 Å². The molecule has 1 saturated heterocycles. The van der Waals surface area contributed by atoms with E-state index in [0.717, 1.165) is 17.4 Å². The molecule has 3 nitrogen and oxygen atoms in total. The minimum Gasteiger partial charge on any atom is -0.478 e. The molecule has 0 aliphatic carbocycles. The number of hydrogen-bond donors (Lipinski definition) is 1. The third-order valence-corrected chi connectivity index (χ3v) is 3.89. The SMILES string of the molecule is CC1CCC(N(C)/C=C/C(=O)O)CS1. The van der Waals surface area contributed by atoms with Crippen molar-refractivity contribution in [1.29, 1.82) is 0 Å². The van der Waals surface area contributed by atoms with Gasteiger partial charge in [-0.25, -0.2) is 4.79 Å². The molecule has 0 spiro atoms. The Morgan fingerprint density at radius 1 is 1.57 bits per heavy atom. The summed E-state index contributed by atoms with van der Waals surface area (Å²) < 4.78 is 0. The van der Waals surface area contributed by atoms with Crippen LogP contribution in [0.3, 0.4) is 0 Å². The quantitative estimate of drug-likeness (QED) is 0.729. The lowest BCUT2D eigenvalue weighted by Crippen LogP contribution is -2.33. The molecule has 0 saturated carbocycles. The van der Waals surface area contributed by atoms with Crippen molar-refractivity contribution in [3.05, 3.63) is 12.3 Å². The molecule has 2 atom stereocenters. The minimum absolute atomic E-state index is 0.492. The van der Waals surface area contributed by atoms with Gasteiger partial charge in [0.15, 0.2) is 0 Å². The molecule has 0 aromatic rings. The molecule has 1 aliphatic heterocycles. The molecule has 0 bridgehead atoms. The van der Waals surface area contributed by atoms with E-state index < -0.39 is 5.97 Å². The van der Waals surface area contributed by atoms with Gasteiger partial charge in [-0.2, -0.15) is 11.8 Å². The maximum Gasteiger partial charge on any atom is 0.329 e. The molecule has 1 N–H and O–H groups in total. The van der Waals surface area contributed by atoms with Crippen molar-refractivity contribution in [1.82, 2.24) is 4.90 Å². The molecule has 14 heavy (non-hydrogen) atoms. The summed E-state index contributed by atoms with van der Waals surface area (Å²) in [7, 11) is 1.95. The van der Waals surface area contributed by atoms with Crippen LogP contribution < -0.4 is 0 Å². The van der Waals surface area contributed by atoms with Gasteiger partial charge in [-0.3, -0.25) is 0 Å². The first-order valence-corrected chi connectivity index (χ1v) is 5.89. The molecule has 1 rings (SSSR count). The molecule has 0 amide bonds. The van der Waals surface area contributed by atoms with Gasteiger partial charge in [0.2, 0.25) is 0 Å². The van der Waals surface area contributed by atoms with E-state index in [2.05, 4.69) is 6.92 Å². The van der Waals surface area contributed by atoms with Crippen LogP contribution in [0.2, 0.25) is 0 Å². The molecular weight excluding hydrogens is 198 g/mol. The summed E-state index contributed by atoms with van der Waals surface area (Å²) in [6, 6.07) is 0.492. The highest BCUT2D eigenvalue weighted by atomic mass is 32.2. The fraction of sp³-hybridized carbons (Fsp3) is 0.700. The number of carboxylic acid groups (broad SMARTS) is 1. The van der Waals surface area contributed by atoms with Crippen molar-refractivity contribution in [3.63, 3.8) is 0 Å². The Bertz CT molecular complexity index is 222. The van der Waals surface area contributed by atoms with Crippen LogP contribution in [0.1, 0.15) is 19.8 Å². The molecule has 0 aromatic heterocycles. The highest BCUT2D eigenvalue weighted by Gasteiger charge is 2.20. The smallest absolute Gasteiger partial charge is 0.329 e. The van der Waals surface area contributed by atoms with Crippen molar-refractivity contribution < 1.29 is 9.90 Å². The number of nitrogens with zero attached hydrogens (tertiary/aromatic N) is 1. The van der Waals surface area contributed by atoms with E-state index in [1.165, 1.54) is 12.5 Å². The van der Waals surface area contributed by atoms with E-state index in [0.29, 0.717) is 6.04 Å². The van der Waals surface area contributed by atoms with E-state index in [1.807, 2.05) is 23.7 Å². The van der Waals surface area contributed by atoms with Gasteiger partial charge in [0.25, 0.3) is 0 Å². The molecule has 4 heteroatoms. The van der Waals surface area contributed by atoms with Crippen LogP contribution in [-0.4, -0.2) is 40.1 Å². The molecule has 0 aromatic carbocycles. The topological polar surface area (TPSA) is 40.5 Å². The second kappa shape index (κ2) is 5.29. The largest absolute Gasteiger partial charge is 0.478 e. The van der Waals surface area contributed by atoms with Crippen LogP contribution in [-0.2, 0) is 4.79 Å². The maximum atomic E-state index is 10.3. The summed E-state index contributed by atoms with van der Waals surface area (Å²) in [5.74, 6) is 0.218. The lowest BCUT2D eigenvalue weighted by atomic mass is 10.1. The number of carboxylic acids is 1. The van der Waals surface area contributed by atoms with Gasteiger partial charge in [0.1, 0.15) is 0 Å². The van der Waals surface area contributed by atoms with E-state index in [9.17, 15) is 4.79 Å². The van der Waals surface area contributed by atoms with Crippen molar-refractivity contribution in [2.24, 2.45) is 0 Å². The Balaban J connectivity index is 2.37. The average Bonchev–Trinajstić information content (AvgIpc) is 2.15. The van der Waals surface area contributed by atoms with E-state index in [-0.39, 0.29) is 0 Å². The summed E-state index contributed by atoms with van der Waals surface area (Å²) >= 11 is 1.97. The molecule has 0 radical (unpaired) electrons. The summed E-state index contributed by atoms with van der Waals surface area (Å²) in [5.41, 5.74) is 0. The molecule has 80 valence electrons. The predicted molar refractivity (Wildman–Crippen MR) is 59.5 cm³/mol. The molecule has 2 unspecified atom stereocenters. The van der Waals surface area contributed by atoms with Crippen molar-refractivity contribution in [2.45, 2.75) is 31.1 Å². The molecule has 1 aliphatic rings. The minimum atomic E-state index is -0.881. The van der Waals surface area contributed by atoms with Gasteiger partial charge in [-0.1, -0.05) is 6.92 Å². The highest BCUT2D eigenvalue weighted by Crippen LogP contribution is 2.27. The summed E-state index contributed by atoms with van der Waals surface area (Å²) in [4.78, 5) is 12.3. The Hall–Kier alpha value is -0.640. The zero-order valence-corrected chi connectivity index (χ0v) is 9.46. The van der Waals surface area contributed by atoms with Crippen molar-refractivity contribution in [2.75, 3.05) is 12.8 Å². The highest BCUT2D eigenvalue weighted by molar-refractivity contribution is 7.99. The lowest BCUT2D eigenvalue weighted by Gasteiger charge is -2.32. The Kier molecular flexibility index (Phi) is 4.32. The zero-order valence-electron chi connectivity index (χ0n) is 8.64. The predicted octanol–water partition coefficient (Wildman–Crippen LogP) is 1.80. The number of rotatable bonds is 3. The summed E-state index contributed by atoms with van der Waals surface area (Å²) in [6.45, 7) is 2.24. The number of aliphatic carboxylic acids is 1. The van der Waals surface area contributed by atoms with Crippen molar-refractivity contribution >= 4 is 17.7 Å². The fourth-order valence-corrected chi connectivity index (χ4v) is 2.75. The number of thioether (sulfide) groups is 1. The normalized spacial score (nSPS) is 27.9. The summed E-state index contributed by atoms with van der Waals surface area (Å²) in [6.07, 6.45) is 5.24. The van der Waals surface area contributed by atoms with Gasteiger partial charge in [-0.05, 0) is 12.8 Å². The van der Waals surface area contributed by atoms with Crippen LogP contribution in [0.15, 0.2) is 12.3 Å². The van der Waals surface area contributed by atoms with E-state index in [4.69, 9.17) is 5.11 Å². The molecular formula is C10H17NO2S.